The van der Waals surface area contributed by atoms with Gasteiger partial charge in [0.2, 0.25) is 0 Å². The largest absolute Gasteiger partial charge is 0.416 e. The minimum atomic E-state index is -4.37. The zero-order valence-electron chi connectivity index (χ0n) is 18.3. The van der Waals surface area contributed by atoms with Gasteiger partial charge in [0.05, 0.1) is 29.7 Å². The monoisotopic (exact) mass is 450 g/mol. The van der Waals surface area contributed by atoms with Crippen molar-refractivity contribution in [3.8, 4) is 11.3 Å². The molecule has 170 valence electrons. The summed E-state index contributed by atoms with van der Waals surface area (Å²) >= 11 is 0. The molecule has 0 fully saturated rings. The fraction of sp³-hybridized carbons (Fsp3) is 0.231. The number of hydrogen-bond donors (Lipinski definition) is 2. The van der Waals surface area contributed by atoms with Gasteiger partial charge in [0.15, 0.2) is 0 Å². The summed E-state index contributed by atoms with van der Waals surface area (Å²) in [6, 6.07) is 17.1. The normalized spacial score (nSPS) is 12.0. The highest BCUT2D eigenvalue weighted by Crippen LogP contribution is 2.34. The third-order valence-corrected chi connectivity index (χ3v) is 5.49. The van der Waals surface area contributed by atoms with Gasteiger partial charge < -0.3 is 10.4 Å². The predicted octanol–water partition coefficient (Wildman–Crippen LogP) is 6.72. The molecule has 0 aliphatic heterocycles. The second kappa shape index (κ2) is 9.90. The summed E-state index contributed by atoms with van der Waals surface area (Å²) in [5, 5.41) is 5.37. The second-order valence-electron chi connectivity index (χ2n) is 7.89. The molecule has 2 aromatic heterocycles. The van der Waals surface area contributed by atoms with Gasteiger partial charge in [-0.1, -0.05) is 37.6 Å². The van der Waals surface area contributed by atoms with Crippen molar-refractivity contribution in [3.63, 3.8) is 0 Å². The molecule has 0 amide bonds. The van der Waals surface area contributed by atoms with Crippen LogP contribution in [0.1, 0.15) is 42.1 Å². The summed E-state index contributed by atoms with van der Waals surface area (Å²) in [5.41, 5.74) is 7.56. The summed E-state index contributed by atoms with van der Waals surface area (Å²) in [4.78, 5) is 7.63. The number of nitrogens with one attached hydrogen (secondary N) is 2. The highest BCUT2D eigenvalue weighted by molar-refractivity contribution is 6.06. The van der Waals surface area contributed by atoms with E-state index in [0.29, 0.717) is 12.1 Å². The van der Waals surface area contributed by atoms with Crippen LogP contribution in [0.2, 0.25) is 0 Å². The zero-order valence-corrected chi connectivity index (χ0v) is 18.3. The van der Waals surface area contributed by atoms with Crippen LogP contribution in [0.3, 0.4) is 0 Å². The van der Waals surface area contributed by atoms with Crippen molar-refractivity contribution in [2.75, 3.05) is 0 Å². The lowest BCUT2D eigenvalue weighted by atomic mass is 10.0. The van der Waals surface area contributed by atoms with Crippen molar-refractivity contribution < 1.29 is 13.2 Å². The number of alkyl halides is 3. The summed E-state index contributed by atoms with van der Waals surface area (Å²) in [5.74, 6) is 0. The Kier molecular flexibility index (Phi) is 6.77. The van der Waals surface area contributed by atoms with Gasteiger partial charge in [-0.2, -0.15) is 18.3 Å². The first kappa shape index (κ1) is 22.6. The van der Waals surface area contributed by atoms with Gasteiger partial charge in [0, 0.05) is 22.7 Å². The SMILES string of the molecule is CCCCc1ccc2[nH]c(-c3ccc(C(F)(F)F)cc3)c(C=NNCc3ccccn3)c2c1. The fourth-order valence-corrected chi connectivity index (χ4v) is 3.72. The van der Waals surface area contributed by atoms with E-state index in [9.17, 15) is 13.2 Å². The first-order valence-electron chi connectivity index (χ1n) is 10.9. The smallest absolute Gasteiger partial charge is 0.354 e. The molecule has 0 radical (unpaired) electrons. The Morgan fingerprint density at radius 3 is 2.58 bits per heavy atom. The molecule has 2 N–H and O–H groups in total. The minimum Gasteiger partial charge on any atom is -0.354 e. The average molecular weight is 451 g/mol. The van der Waals surface area contributed by atoms with Gasteiger partial charge in [-0.15, -0.1) is 0 Å². The van der Waals surface area contributed by atoms with Gasteiger partial charge in [0.1, 0.15) is 0 Å². The Balaban J connectivity index is 1.69. The number of pyridine rings is 1. The molecule has 0 saturated heterocycles. The molecule has 7 heteroatoms. The van der Waals surface area contributed by atoms with Crippen LogP contribution in [-0.4, -0.2) is 16.2 Å². The predicted molar refractivity (Wildman–Crippen MR) is 126 cm³/mol. The topological polar surface area (TPSA) is 53.1 Å². The lowest BCUT2D eigenvalue weighted by Crippen LogP contribution is -2.07. The van der Waals surface area contributed by atoms with Crippen LogP contribution in [0.4, 0.5) is 13.2 Å². The molecular formula is C26H25F3N4. The molecule has 0 aliphatic carbocycles. The zero-order chi connectivity index (χ0) is 23.3. The first-order chi connectivity index (χ1) is 16.0. The summed E-state index contributed by atoms with van der Waals surface area (Å²) in [6.45, 7) is 2.62. The lowest BCUT2D eigenvalue weighted by molar-refractivity contribution is -0.137. The second-order valence-corrected chi connectivity index (χ2v) is 7.89. The van der Waals surface area contributed by atoms with Crippen LogP contribution in [0.25, 0.3) is 22.2 Å². The number of rotatable bonds is 8. The number of aryl methyl sites for hydroxylation is 1. The number of halogens is 3. The Hall–Kier alpha value is -3.61. The quantitative estimate of drug-likeness (QED) is 0.231. The number of aromatic nitrogens is 2. The summed E-state index contributed by atoms with van der Waals surface area (Å²) in [6.07, 6.45) is 2.25. The van der Waals surface area contributed by atoms with E-state index in [1.807, 2.05) is 24.3 Å². The molecule has 4 aromatic rings. The maximum Gasteiger partial charge on any atom is 0.416 e. The third kappa shape index (κ3) is 5.42. The molecule has 4 rings (SSSR count). The fourth-order valence-electron chi connectivity index (χ4n) is 3.72. The van der Waals surface area contributed by atoms with E-state index in [0.717, 1.165) is 59.2 Å². The molecule has 0 aliphatic rings. The highest BCUT2D eigenvalue weighted by atomic mass is 19.4. The number of hydrogen-bond acceptors (Lipinski definition) is 3. The van der Waals surface area contributed by atoms with Crippen molar-refractivity contribution in [2.45, 2.75) is 38.9 Å². The van der Waals surface area contributed by atoms with Gasteiger partial charge >= 0.3 is 6.18 Å². The highest BCUT2D eigenvalue weighted by Gasteiger charge is 2.30. The maximum atomic E-state index is 13.0. The van der Waals surface area contributed by atoms with E-state index < -0.39 is 11.7 Å². The van der Waals surface area contributed by atoms with E-state index >= 15 is 0 Å². The average Bonchev–Trinajstić information content (AvgIpc) is 3.18. The number of aromatic amines is 1. The van der Waals surface area contributed by atoms with Gasteiger partial charge in [-0.05, 0) is 60.4 Å². The van der Waals surface area contributed by atoms with Crippen LogP contribution in [0.5, 0.6) is 0 Å². The van der Waals surface area contributed by atoms with Crippen molar-refractivity contribution in [3.05, 3.63) is 89.2 Å². The number of H-pyrrole nitrogens is 1. The van der Waals surface area contributed by atoms with Crippen LogP contribution < -0.4 is 5.43 Å². The van der Waals surface area contributed by atoms with Crippen LogP contribution in [0.15, 0.2) is 72.0 Å². The Morgan fingerprint density at radius 1 is 1.06 bits per heavy atom. The van der Waals surface area contributed by atoms with Crippen molar-refractivity contribution in [1.82, 2.24) is 15.4 Å². The molecule has 0 bridgehead atoms. The molecule has 0 unspecified atom stereocenters. The standard InChI is InChI=1S/C26H25F3N4/c1-2-3-6-18-8-13-24-22(15-18)23(17-32-31-16-21-7-4-5-14-30-21)25(33-24)19-9-11-20(12-10-19)26(27,28)29/h4-5,7-15,17,31,33H,2-3,6,16H2,1H3. The maximum absolute atomic E-state index is 13.0. The molecule has 4 nitrogen and oxygen atoms in total. The van der Waals surface area contributed by atoms with E-state index in [4.69, 9.17) is 0 Å². The number of fused-ring (bicyclic) bond motifs is 1. The third-order valence-electron chi connectivity index (χ3n) is 5.49. The number of hydrazone groups is 1. The Morgan fingerprint density at radius 2 is 1.88 bits per heavy atom. The molecule has 33 heavy (non-hydrogen) atoms. The molecule has 2 heterocycles. The number of benzene rings is 2. The van der Waals surface area contributed by atoms with E-state index in [1.165, 1.54) is 17.7 Å². The molecular weight excluding hydrogens is 425 g/mol. The lowest BCUT2D eigenvalue weighted by Gasteiger charge is -2.07. The van der Waals surface area contributed by atoms with Crippen LogP contribution in [-0.2, 0) is 19.1 Å². The van der Waals surface area contributed by atoms with E-state index in [1.54, 1.807) is 12.4 Å². The Labute approximate surface area is 190 Å². The van der Waals surface area contributed by atoms with Crippen LogP contribution in [0, 0.1) is 0 Å². The van der Waals surface area contributed by atoms with E-state index in [-0.39, 0.29) is 0 Å². The molecule has 0 saturated carbocycles. The first-order valence-corrected chi connectivity index (χ1v) is 10.9. The van der Waals surface area contributed by atoms with Crippen molar-refractivity contribution in [1.29, 1.82) is 0 Å². The van der Waals surface area contributed by atoms with Crippen LogP contribution >= 0.6 is 0 Å². The van der Waals surface area contributed by atoms with Gasteiger partial charge in [-0.3, -0.25) is 4.98 Å². The minimum absolute atomic E-state index is 0.469. The molecule has 0 spiro atoms. The summed E-state index contributed by atoms with van der Waals surface area (Å²) < 4.78 is 39.1. The van der Waals surface area contributed by atoms with Crippen molar-refractivity contribution in [2.24, 2.45) is 5.10 Å². The molecule has 0 atom stereocenters. The van der Waals surface area contributed by atoms with Crippen molar-refractivity contribution >= 4 is 17.1 Å². The number of unbranched alkanes of at least 4 members (excludes halogenated alkanes) is 1. The molecule has 2 aromatic carbocycles. The summed E-state index contributed by atoms with van der Waals surface area (Å²) in [7, 11) is 0. The Bertz CT molecular complexity index is 1230. The van der Waals surface area contributed by atoms with Gasteiger partial charge in [0.25, 0.3) is 0 Å². The van der Waals surface area contributed by atoms with Gasteiger partial charge in [-0.25, -0.2) is 0 Å². The number of nitrogens with zero attached hydrogens (tertiary/aromatic N) is 2. The van der Waals surface area contributed by atoms with E-state index in [2.05, 4.69) is 39.6 Å².